The zero-order chi connectivity index (χ0) is 22.8. The molecule has 0 saturated carbocycles. The fourth-order valence-electron chi connectivity index (χ4n) is 3.38. The lowest BCUT2D eigenvalue weighted by Crippen LogP contribution is -2.34. The van der Waals surface area contributed by atoms with Gasteiger partial charge in [0.15, 0.2) is 12.4 Å². The summed E-state index contributed by atoms with van der Waals surface area (Å²) >= 11 is 18.7. The third-order valence-electron chi connectivity index (χ3n) is 4.95. The second kappa shape index (κ2) is 9.36. The van der Waals surface area contributed by atoms with Crippen molar-refractivity contribution in [3.05, 3.63) is 87.0 Å². The predicted molar refractivity (Wildman–Crippen MR) is 127 cm³/mol. The molecule has 0 radical (unpaired) electrons. The molecule has 1 N–H and O–H groups in total. The average Bonchev–Trinajstić information content (AvgIpc) is 3.18. The predicted octanol–water partition coefficient (Wildman–Crippen LogP) is 5.52. The van der Waals surface area contributed by atoms with Crippen LogP contribution in [0.2, 0.25) is 15.1 Å². The van der Waals surface area contributed by atoms with Gasteiger partial charge in [0.1, 0.15) is 17.4 Å². The molecule has 0 aliphatic heterocycles. The first kappa shape index (κ1) is 22.4. The number of nitrogens with one attached hydrogen (secondary N) is 1. The van der Waals surface area contributed by atoms with Crippen LogP contribution >= 0.6 is 34.8 Å². The van der Waals surface area contributed by atoms with E-state index in [0.29, 0.717) is 32.5 Å². The van der Waals surface area contributed by atoms with Gasteiger partial charge in [0.2, 0.25) is 0 Å². The van der Waals surface area contributed by atoms with E-state index in [4.69, 9.17) is 39.5 Å². The largest absolute Gasteiger partial charge is 0.480 e. The maximum Gasteiger partial charge on any atom is 0.258 e. The molecule has 1 amide bonds. The fourth-order valence-corrected chi connectivity index (χ4v) is 4.07. The van der Waals surface area contributed by atoms with Gasteiger partial charge < -0.3 is 14.6 Å². The lowest BCUT2D eigenvalue weighted by atomic mass is 10.1. The Hall–Kier alpha value is -2.80. The summed E-state index contributed by atoms with van der Waals surface area (Å²) in [5.74, 6) is 0.637. The van der Waals surface area contributed by atoms with Crippen LogP contribution in [-0.4, -0.2) is 27.0 Å². The van der Waals surface area contributed by atoms with Gasteiger partial charge >= 0.3 is 0 Å². The first-order valence-electron chi connectivity index (χ1n) is 9.73. The number of fused-ring (bicyclic) bond motifs is 1. The van der Waals surface area contributed by atoms with E-state index in [9.17, 15) is 4.79 Å². The number of imidazole rings is 1. The van der Waals surface area contributed by atoms with Crippen LogP contribution < -0.4 is 10.1 Å². The summed E-state index contributed by atoms with van der Waals surface area (Å²) in [6.45, 7) is 1.59. The maximum absolute atomic E-state index is 12.9. The second-order valence-corrected chi connectivity index (χ2v) is 8.51. The van der Waals surface area contributed by atoms with Gasteiger partial charge in [0.05, 0.1) is 10.0 Å². The van der Waals surface area contributed by atoms with Crippen molar-refractivity contribution < 1.29 is 9.53 Å². The smallest absolute Gasteiger partial charge is 0.258 e. The zero-order valence-electron chi connectivity index (χ0n) is 17.3. The van der Waals surface area contributed by atoms with Gasteiger partial charge in [0, 0.05) is 35.5 Å². The third-order valence-corrected chi connectivity index (χ3v) is 5.80. The van der Waals surface area contributed by atoms with Crippen molar-refractivity contribution in [3.63, 3.8) is 0 Å². The van der Waals surface area contributed by atoms with Crippen molar-refractivity contribution in [2.24, 2.45) is 7.05 Å². The minimum absolute atomic E-state index is 0.263. The summed E-state index contributed by atoms with van der Waals surface area (Å²) in [4.78, 5) is 21.7. The van der Waals surface area contributed by atoms with Crippen molar-refractivity contribution in [2.45, 2.75) is 13.0 Å². The van der Waals surface area contributed by atoms with Gasteiger partial charge in [-0.3, -0.25) is 4.79 Å². The highest BCUT2D eigenvalue weighted by atomic mass is 35.5. The molecule has 4 rings (SSSR count). The van der Waals surface area contributed by atoms with Gasteiger partial charge in [0.25, 0.3) is 5.91 Å². The molecule has 4 aromatic rings. The average molecular weight is 490 g/mol. The van der Waals surface area contributed by atoms with Crippen LogP contribution in [0.1, 0.15) is 23.1 Å². The number of pyridine rings is 1. The van der Waals surface area contributed by atoms with Crippen LogP contribution in [0, 0.1) is 6.92 Å². The molecular weight excluding hydrogens is 471 g/mol. The Morgan fingerprint density at radius 3 is 2.56 bits per heavy atom. The van der Waals surface area contributed by atoms with Gasteiger partial charge in [-0.05, 0) is 42.8 Å². The molecule has 9 heteroatoms. The normalized spacial score (nSPS) is 12.0. The lowest BCUT2D eigenvalue weighted by Gasteiger charge is -2.20. The van der Waals surface area contributed by atoms with Crippen LogP contribution in [0.4, 0.5) is 0 Å². The number of amides is 1. The monoisotopic (exact) mass is 488 g/mol. The van der Waals surface area contributed by atoms with E-state index in [-0.39, 0.29) is 17.5 Å². The molecule has 1 unspecified atom stereocenters. The number of halogens is 3. The molecule has 1 atom stereocenters. The van der Waals surface area contributed by atoms with Gasteiger partial charge in [-0.2, -0.15) is 0 Å². The van der Waals surface area contributed by atoms with Crippen LogP contribution in [-0.2, 0) is 11.8 Å². The molecule has 6 nitrogen and oxygen atoms in total. The summed E-state index contributed by atoms with van der Waals surface area (Å²) < 4.78 is 7.66. The maximum atomic E-state index is 12.9. The Morgan fingerprint density at radius 1 is 1.12 bits per heavy atom. The standard InChI is InChI=1S/C23H19Cl3N4O2/c1-13-3-8-16-17(25)11-18(26)22(21(16)28-13)32-12-19(31)29-20(23-27-9-10-30(23)2)14-4-6-15(24)7-5-14/h3-11,20H,12H2,1-2H3,(H,29,31). The molecular formula is C23H19Cl3N4O2. The minimum atomic E-state index is -0.485. The minimum Gasteiger partial charge on any atom is -0.480 e. The molecule has 0 spiro atoms. The number of nitrogens with zero attached hydrogens (tertiary/aromatic N) is 3. The molecule has 0 bridgehead atoms. The SMILES string of the molecule is Cc1ccc2c(Cl)cc(Cl)c(OCC(=O)NC(c3ccc(Cl)cc3)c3nccn3C)c2n1. The Kier molecular flexibility index (Phi) is 6.55. The van der Waals surface area contributed by atoms with Crippen molar-refractivity contribution in [1.29, 1.82) is 0 Å². The molecule has 0 aliphatic carbocycles. The van der Waals surface area contributed by atoms with E-state index in [1.54, 1.807) is 24.4 Å². The van der Waals surface area contributed by atoms with E-state index >= 15 is 0 Å². The topological polar surface area (TPSA) is 69.0 Å². The van der Waals surface area contributed by atoms with Crippen molar-refractivity contribution >= 4 is 51.6 Å². The van der Waals surface area contributed by atoms with Gasteiger partial charge in [-0.25, -0.2) is 9.97 Å². The number of carbonyl (C=O) groups is 1. The van der Waals surface area contributed by atoms with E-state index in [1.807, 2.05) is 49.0 Å². The number of aromatic nitrogens is 3. The molecule has 2 aromatic heterocycles. The lowest BCUT2D eigenvalue weighted by molar-refractivity contribution is -0.123. The van der Waals surface area contributed by atoms with Gasteiger partial charge in [-0.1, -0.05) is 46.9 Å². The van der Waals surface area contributed by atoms with Gasteiger partial charge in [-0.15, -0.1) is 0 Å². The first-order chi connectivity index (χ1) is 15.3. The third kappa shape index (κ3) is 4.67. The highest BCUT2D eigenvalue weighted by Gasteiger charge is 2.22. The number of aryl methyl sites for hydroxylation is 2. The number of ether oxygens (including phenoxy) is 1. The highest BCUT2D eigenvalue weighted by molar-refractivity contribution is 6.39. The van der Waals surface area contributed by atoms with Crippen LogP contribution in [0.5, 0.6) is 5.75 Å². The van der Waals surface area contributed by atoms with Crippen LogP contribution in [0.3, 0.4) is 0 Å². The highest BCUT2D eigenvalue weighted by Crippen LogP contribution is 2.37. The Labute approximate surface area is 200 Å². The Morgan fingerprint density at radius 2 is 1.88 bits per heavy atom. The Bertz CT molecular complexity index is 1290. The summed E-state index contributed by atoms with van der Waals surface area (Å²) in [5, 5.41) is 5.03. The van der Waals surface area contributed by atoms with Crippen molar-refractivity contribution in [1.82, 2.24) is 19.9 Å². The summed E-state index contributed by atoms with van der Waals surface area (Å²) in [6.07, 6.45) is 3.49. The quantitative estimate of drug-likeness (QED) is 0.387. The van der Waals surface area contributed by atoms with E-state index in [1.165, 1.54) is 0 Å². The van der Waals surface area contributed by atoms with Crippen molar-refractivity contribution in [3.8, 4) is 5.75 Å². The van der Waals surface area contributed by atoms with Crippen LogP contribution in [0.25, 0.3) is 10.9 Å². The molecule has 164 valence electrons. The fraction of sp³-hybridized carbons (Fsp3) is 0.174. The zero-order valence-corrected chi connectivity index (χ0v) is 19.5. The number of carbonyl (C=O) groups excluding carboxylic acids is 1. The summed E-state index contributed by atoms with van der Waals surface area (Å²) in [5.41, 5.74) is 2.13. The molecule has 32 heavy (non-hydrogen) atoms. The van der Waals surface area contributed by atoms with Crippen LogP contribution in [0.15, 0.2) is 54.9 Å². The second-order valence-electron chi connectivity index (χ2n) is 7.26. The van der Waals surface area contributed by atoms with E-state index in [0.717, 1.165) is 11.3 Å². The summed E-state index contributed by atoms with van der Waals surface area (Å²) in [7, 11) is 1.86. The number of benzene rings is 2. The molecule has 0 saturated heterocycles. The number of rotatable bonds is 6. The first-order valence-corrected chi connectivity index (χ1v) is 10.9. The molecule has 0 fully saturated rings. The van der Waals surface area contributed by atoms with Crippen molar-refractivity contribution in [2.75, 3.05) is 6.61 Å². The molecule has 0 aliphatic rings. The molecule has 2 aromatic carbocycles. The Balaban J connectivity index is 1.58. The van der Waals surface area contributed by atoms with E-state index in [2.05, 4.69) is 15.3 Å². The summed E-state index contributed by atoms with van der Waals surface area (Å²) in [6, 6.07) is 12.0. The number of hydrogen-bond acceptors (Lipinski definition) is 4. The number of hydrogen-bond donors (Lipinski definition) is 1. The van der Waals surface area contributed by atoms with E-state index < -0.39 is 6.04 Å². The molecule has 2 heterocycles.